The Morgan fingerprint density at radius 3 is 2.59 bits per heavy atom. The van der Waals surface area contributed by atoms with E-state index in [-0.39, 0.29) is 17.3 Å². The minimum absolute atomic E-state index is 0.0896. The molecule has 2 N–H and O–H groups in total. The van der Waals surface area contributed by atoms with Crippen LogP contribution < -0.4 is 15.5 Å². The first-order chi connectivity index (χ1) is 15.5. The van der Waals surface area contributed by atoms with E-state index in [1.807, 2.05) is 17.5 Å². The molecule has 4 rings (SSSR count). The van der Waals surface area contributed by atoms with Crippen molar-refractivity contribution in [2.24, 2.45) is 0 Å². The van der Waals surface area contributed by atoms with Crippen molar-refractivity contribution in [2.75, 3.05) is 62.7 Å². The lowest BCUT2D eigenvalue weighted by atomic mass is 10.2. The second-order valence-electron chi connectivity index (χ2n) is 7.92. The number of carbonyl (C=O) groups is 1. The summed E-state index contributed by atoms with van der Waals surface area (Å²) in [5.41, 5.74) is 1.62. The lowest BCUT2D eigenvalue weighted by Gasteiger charge is -2.27. The van der Waals surface area contributed by atoms with E-state index in [0.29, 0.717) is 38.5 Å². The van der Waals surface area contributed by atoms with Crippen LogP contribution >= 0.6 is 11.3 Å². The molecule has 0 bridgehead atoms. The highest BCUT2D eigenvalue weighted by molar-refractivity contribution is 7.89. The fourth-order valence-electron chi connectivity index (χ4n) is 4.00. The third-order valence-electron chi connectivity index (χ3n) is 5.74. The summed E-state index contributed by atoms with van der Waals surface area (Å²) in [6.45, 7) is 4.03. The smallest absolute Gasteiger partial charge is 0.243 e. The zero-order valence-corrected chi connectivity index (χ0v) is 19.7. The molecule has 8 nitrogen and oxygen atoms in total. The van der Waals surface area contributed by atoms with Crippen molar-refractivity contribution in [3.05, 3.63) is 40.6 Å². The van der Waals surface area contributed by atoms with Crippen LogP contribution in [0.4, 0.5) is 11.4 Å². The van der Waals surface area contributed by atoms with E-state index in [4.69, 9.17) is 4.74 Å². The number of carbonyl (C=O) groups excluding carboxylic acids is 1. The van der Waals surface area contributed by atoms with E-state index in [1.54, 1.807) is 23.5 Å². The van der Waals surface area contributed by atoms with Crippen LogP contribution in [0.2, 0.25) is 0 Å². The summed E-state index contributed by atoms with van der Waals surface area (Å²) in [6, 6.07) is 9.25. The molecule has 3 heterocycles. The van der Waals surface area contributed by atoms with Gasteiger partial charge in [-0.25, -0.2) is 8.42 Å². The standard InChI is InChI=1S/C22H30N4O4S2/c27-22(23-8-7-18-4-3-15-31-18)17-24-20-16-19(5-6-21(20)25-9-1-2-10-25)32(28,29)26-11-13-30-14-12-26/h3-6,15-16,24H,1-2,7-14,17H2,(H,23,27). The number of rotatable bonds is 9. The third kappa shape index (κ3) is 5.61. The number of nitrogens with zero attached hydrogens (tertiary/aromatic N) is 2. The van der Waals surface area contributed by atoms with E-state index < -0.39 is 10.0 Å². The lowest BCUT2D eigenvalue weighted by molar-refractivity contribution is -0.119. The Bertz CT molecular complexity index is 999. The van der Waals surface area contributed by atoms with Crippen LogP contribution in [-0.4, -0.2) is 71.1 Å². The Labute approximate surface area is 193 Å². The average Bonchev–Trinajstić information content (AvgIpc) is 3.53. The molecule has 0 saturated carbocycles. The van der Waals surface area contributed by atoms with Crippen LogP contribution in [0.3, 0.4) is 0 Å². The van der Waals surface area contributed by atoms with Crippen molar-refractivity contribution in [3.8, 4) is 0 Å². The van der Waals surface area contributed by atoms with Gasteiger partial charge in [0.15, 0.2) is 0 Å². The van der Waals surface area contributed by atoms with Crippen molar-refractivity contribution < 1.29 is 17.9 Å². The average molecular weight is 479 g/mol. The Morgan fingerprint density at radius 2 is 1.88 bits per heavy atom. The van der Waals surface area contributed by atoms with Crippen LogP contribution in [0, 0.1) is 0 Å². The Morgan fingerprint density at radius 1 is 1.09 bits per heavy atom. The van der Waals surface area contributed by atoms with Gasteiger partial charge in [-0.2, -0.15) is 4.31 Å². The number of hydrogen-bond acceptors (Lipinski definition) is 7. The predicted molar refractivity (Wildman–Crippen MR) is 127 cm³/mol. The molecule has 2 aliphatic rings. The second-order valence-corrected chi connectivity index (χ2v) is 10.9. The van der Waals surface area contributed by atoms with Crippen LogP contribution in [0.1, 0.15) is 17.7 Å². The summed E-state index contributed by atoms with van der Waals surface area (Å²) >= 11 is 1.68. The van der Waals surface area contributed by atoms with Crippen LogP contribution in [-0.2, 0) is 26.0 Å². The molecule has 2 saturated heterocycles. The van der Waals surface area contributed by atoms with Crippen molar-refractivity contribution in [2.45, 2.75) is 24.2 Å². The number of ether oxygens (including phenoxy) is 1. The van der Waals surface area contributed by atoms with Crippen LogP contribution in [0.5, 0.6) is 0 Å². The molecule has 0 radical (unpaired) electrons. The van der Waals surface area contributed by atoms with Gasteiger partial charge in [-0.15, -0.1) is 11.3 Å². The van der Waals surface area contributed by atoms with E-state index in [9.17, 15) is 13.2 Å². The summed E-state index contributed by atoms with van der Waals surface area (Å²) in [5.74, 6) is -0.115. The van der Waals surface area contributed by atoms with Gasteiger partial charge in [0.1, 0.15) is 0 Å². The molecular formula is C22H30N4O4S2. The van der Waals surface area contributed by atoms with Crippen molar-refractivity contribution in [1.29, 1.82) is 0 Å². The topological polar surface area (TPSA) is 91.0 Å². The summed E-state index contributed by atoms with van der Waals surface area (Å²) < 4.78 is 33.0. The van der Waals surface area contributed by atoms with Crippen molar-refractivity contribution >= 4 is 38.6 Å². The fraction of sp³-hybridized carbons (Fsp3) is 0.500. The summed E-state index contributed by atoms with van der Waals surface area (Å²) in [4.78, 5) is 16.1. The van der Waals surface area contributed by atoms with E-state index >= 15 is 0 Å². The van der Waals surface area contributed by atoms with Gasteiger partial charge in [0.2, 0.25) is 15.9 Å². The minimum atomic E-state index is -3.61. The van der Waals surface area contributed by atoms with Crippen LogP contribution in [0.15, 0.2) is 40.6 Å². The summed E-state index contributed by atoms with van der Waals surface area (Å²) in [7, 11) is -3.61. The van der Waals surface area contributed by atoms with E-state index in [2.05, 4.69) is 21.6 Å². The zero-order valence-electron chi connectivity index (χ0n) is 18.1. The van der Waals surface area contributed by atoms with Gasteiger partial charge in [0.05, 0.1) is 36.0 Å². The molecule has 10 heteroatoms. The highest BCUT2D eigenvalue weighted by atomic mass is 32.2. The normalized spacial score (nSPS) is 17.4. The van der Waals surface area contributed by atoms with Crippen LogP contribution in [0.25, 0.3) is 0 Å². The maximum Gasteiger partial charge on any atom is 0.243 e. The number of benzene rings is 1. The first-order valence-corrected chi connectivity index (χ1v) is 13.4. The number of hydrogen-bond donors (Lipinski definition) is 2. The molecule has 32 heavy (non-hydrogen) atoms. The van der Waals surface area contributed by atoms with Gasteiger partial charge in [-0.05, 0) is 48.9 Å². The molecule has 0 aliphatic carbocycles. The Balaban J connectivity index is 1.45. The summed E-state index contributed by atoms with van der Waals surface area (Å²) in [5, 5.41) is 8.14. The number of sulfonamides is 1. The van der Waals surface area contributed by atoms with Gasteiger partial charge < -0.3 is 20.3 Å². The fourth-order valence-corrected chi connectivity index (χ4v) is 6.15. The lowest BCUT2D eigenvalue weighted by Crippen LogP contribution is -2.40. The van der Waals surface area contributed by atoms with E-state index in [1.165, 1.54) is 9.18 Å². The quantitative estimate of drug-likeness (QED) is 0.574. The first kappa shape index (κ1) is 23.0. The molecule has 1 amide bonds. The van der Waals surface area contributed by atoms with Gasteiger partial charge in [-0.1, -0.05) is 6.07 Å². The number of amides is 1. The molecule has 174 valence electrons. The number of anilines is 2. The van der Waals surface area contributed by atoms with Crippen molar-refractivity contribution in [1.82, 2.24) is 9.62 Å². The minimum Gasteiger partial charge on any atom is -0.379 e. The number of thiophene rings is 1. The van der Waals surface area contributed by atoms with Gasteiger partial charge >= 0.3 is 0 Å². The van der Waals surface area contributed by atoms with Gasteiger partial charge in [0.25, 0.3) is 0 Å². The first-order valence-electron chi connectivity index (χ1n) is 11.0. The second kappa shape index (κ2) is 10.7. The van der Waals surface area contributed by atoms with Crippen molar-refractivity contribution in [3.63, 3.8) is 0 Å². The summed E-state index contributed by atoms with van der Waals surface area (Å²) in [6.07, 6.45) is 3.02. The highest BCUT2D eigenvalue weighted by Crippen LogP contribution is 2.32. The van der Waals surface area contributed by atoms with E-state index in [0.717, 1.165) is 38.0 Å². The monoisotopic (exact) mass is 478 g/mol. The Hall–Kier alpha value is -2.14. The molecule has 1 aromatic heterocycles. The molecule has 0 atom stereocenters. The number of nitrogens with one attached hydrogen (secondary N) is 2. The molecule has 0 unspecified atom stereocenters. The molecule has 2 aliphatic heterocycles. The maximum atomic E-state index is 13.1. The molecule has 0 spiro atoms. The molecule has 2 fully saturated rings. The Kier molecular flexibility index (Phi) is 7.67. The largest absolute Gasteiger partial charge is 0.379 e. The van der Waals surface area contributed by atoms with Gasteiger partial charge in [-0.3, -0.25) is 4.79 Å². The highest BCUT2D eigenvalue weighted by Gasteiger charge is 2.28. The number of morpholine rings is 1. The third-order valence-corrected chi connectivity index (χ3v) is 8.57. The zero-order chi connectivity index (χ0) is 22.4. The predicted octanol–water partition coefficient (Wildman–Crippen LogP) is 2.14. The van der Waals surface area contributed by atoms with Gasteiger partial charge in [0, 0.05) is 37.6 Å². The molecule has 2 aromatic rings. The maximum absolute atomic E-state index is 13.1. The SMILES string of the molecule is O=C(CNc1cc(S(=O)(=O)N2CCOCC2)ccc1N1CCCC1)NCCc1cccs1. The molecular weight excluding hydrogens is 448 g/mol. The molecule has 1 aromatic carbocycles.